The molecule has 4 aromatic heterocycles. The van der Waals surface area contributed by atoms with Crippen molar-refractivity contribution in [2.45, 2.75) is 139 Å². The zero-order chi connectivity index (χ0) is 53.0. The number of hydrogen-bond acceptors (Lipinski definition) is 3. The number of aryl methyl sites for hydroxylation is 2. The number of nitrogens with zero attached hydrogens (tertiary/aromatic N) is 6. The average Bonchev–Trinajstić information content (AvgIpc) is 4.35. The predicted molar refractivity (Wildman–Crippen MR) is 321 cm³/mol. The maximum absolute atomic E-state index is 5.58. The Kier molecular flexibility index (Phi) is 13.5. The molecule has 10 aromatic rings. The summed E-state index contributed by atoms with van der Waals surface area (Å²) >= 11 is 0. The molecule has 0 N–H and O–H groups in total. The van der Waals surface area contributed by atoms with E-state index in [1.54, 1.807) is 0 Å². The summed E-state index contributed by atoms with van der Waals surface area (Å²) in [5, 5.41) is 12.8. The van der Waals surface area contributed by atoms with Gasteiger partial charge in [-0.25, -0.2) is 0 Å². The summed E-state index contributed by atoms with van der Waals surface area (Å²) in [6.45, 7) is 20.9. The number of pyridine rings is 2. The minimum absolute atomic E-state index is 0. The van der Waals surface area contributed by atoms with Crippen LogP contribution in [-0.2, 0) is 52.2 Å². The van der Waals surface area contributed by atoms with Crippen LogP contribution in [0.5, 0.6) is 0 Å². The van der Waals surface area contributed by atoms with Crippen molar-refractivity contribution in [3.8, 4) is 11.1 Å². The minimum atomic E-state index is -0.0774. The fourth-order valence-corrected chi connectivity index (χ4v) is 14.0. The fourth-order valence-electron chi connectivity index (χ4n) is 14.0. The molecule has 7 heteroatoms. The Balaban J connectivity index is 0.00000609. The summed E-state index contributed by atoms with van der Waals surface area (Å²) in [5.74, 6) is 1.68. The number of benzene rings is 6. The fraction of sp³-hybridized carbons (Fsp3) is 0.380. The Labute approximate surface area is 476 Å². The van der Waals surface area contributed by atoms with Gasteiger partial charge in [-0.1, -0.05) is 109 Å². The molecule has 2 aliphatic heterocycles. The molecule has 1 fully saturated rings. The molecular weight excluding hydrogens is 1130 g/mol. The van der Waals surface area contributed by atoms with E-state index in [1.165, 1.54) is 108 Å². The molecule has 6 heterocycles. The quantitative estimate of drug-likeness (QED) is 0.0958. The first-order chi connectivity index (χ1) is 36.9. The topological polar surface area (TPSA) is 51.9 Å². The van der Waals surface area contributed by atoms with Crippen LogP contribution in [0.2, 0.25) is 0 Å². The van der Waals surface area contributed by atoms with Crippen molar-refractivity contribution in [1.82, 2.24) is 18.8 Å². The zero-order valence-electron chi connectivity index (χ0n) is 47.2. The number of rotatable bonds is 11. The van der Waals surface area contributed by atoms with E-state index < -0.39 is 0 Å². The molecule has 0 bridgehead atoms. The van der Waals surface area contributed by atoms with Gasteiger partial charge in [-0.2, -0.15) is 24.3 Å². The van der Waals surface area contributed by atoms with Crippen molar-refractivity contribution < 1.29 is 20.1 Å². The summed E-state index contributed by atoms with van der Waals surface area (Å²) in [4.78, 5) is 13.3. The maximum atomic E-state index is 5.58. The molecule has 1 radical (unpaired) electrons. The monoisotopic (exact) mass is 1200 g/mol. The molecule has 6 aromatic carbocycles. The first-order valence-corrected chi connectivity index (χ1v) is 28.7. The third kappa shape index (κ3) is 10.3. The first-order valence-electron chi connectivity index (χ1n) is 28.7. The second-order valence-electron chi connectivity index (χ2n) is 27.2. The number of hydrogen-bond donors (Lipinski definition) is 0. The van der Waals surface area contributed by atoms with Gasteiger partial charge >= 0.3 is 0 Å². The standard InChI is InChI=1S/C71H74N6.Ir/c1-69(2,3)39-47-24-29-63-60(36-47)54-16-10-13-19-57(54)66-72-51(42-75(63)66)27-22-45-32-46(23-28-52-43-76-64-30-25-48(40-70(4,5)6)37-61(64)55-17-11-14-20-58(55)67(76)73-52)34-50(33-45)35-53-44-77-65-31-26-49(41-71(7,8)9)38-62(65)56-18-12-15-21-59(56)68(77)74-53;/h10-18,24-26,29-31,36-38,42-46,50,68H,22-23,27-28,32-35,39-41H2,1-9H3;/q-4;. The van der Waals surface area contributed by atoms with Crippen LogP contribution in [-0.4, -0.2) is 18.8 Å². The van der Waals surface area contributed by atoms with Crippen LogP contribution in [0.25, 0.3) is 71.1 Å². The normalized spacial score (nSPS) is 18.6. The Morgan fingerprint density at radius 3 is 1.56 bits per heavy atom. The molecule has 3 aliphatic rings. The van der Waals surface area contributed by atoms with Crippen molar-refractivity contribution in [1.29, 1.82) is 0 Å². The Bertz CT molecular complexity index is 3760. The molecule has 6 nitrogen and oxygen atoms in total. The van der Waals surface area contributed by atoms with Gasteiger partial charge in [0.15, 0.2) is 0 Å². The van der Waals surface area contributed by atoms with Gasteiger partial charge in [-0.05, 0) is 168 Å². The number of anilines is 1. The number of fused-ring (bicyclic) bond motifs is 18. The second kappa shape index (κ2) is 20.1. The summed E-state index contributed by atoms with van der Waals surface area (Å²) in [6.07, 6.45) is 18.8. The van der Waals surface area contributed by atoms with Crippen molar-refractivity contribution in [3.63, 3.8) is 0 Å². The van der Waals surface area contributed by atoms with Crippen molar-refractivity contribution in [2.24, 2.45) is 34.0 Å². The van der Waals surface area contributed by atoms with Crippen molar-refractivity contribution >= 4 is 60.3 Å². The Hall–Kier alpha value is -6.27. The third-order valence-electron chi connectivity index (χ3n) is 16.8. The summed E-state index contributed by atoms with van der Waals surface area (Å²) in [6, 6.07) is 51.4. The smallest absolute Gasteiger partial charge is 0.0612 e. The van der Waals surface area contributed by atoms with Crippen molar-refractivity contribution in [2.75, 3.05) is 4.90 Å². The minimum Gasteiger partial charge on any atom is -0.665 e. The first kappa shape index (κ1) is 52.4. The van der Waals surface area contributed by atoms with E-state index in [-0.39, 0.29) is 42.5 Å². The largest absolute Gasteiger partial charge is 0.665 e. The molecule has 0 amide bonds. The molecule has 1 aliphatic carbocycles. The molecule has 3 atom stereocenters. The van der Waals surface area contributed by atoms with E-state index in [9.17, 15) is 0 Å². The molecule has 78 heavy (non-hydrogen) atoms. The molecule has 0 spiro atoms. The van der Waals surface area contributed by atoms with E-state index in [4.69, 9.17) is 15.3 Å². The van der Waals surface area contributed by atoms with E-state index >= 15 is 0 Å². The van der Waals surface area contributed by atoms with Crippen LogP contribution < -0.4 is 4.90 Å². The molecular formula is C71H74IrN6-4. The predicted octanol–water partition coefficient (Wildman–Crippen LogP) is 18.2. The number of allylic oxidation sites excluding steroid dienone is 1. The Morgan fingerprint density at radius 1 is 0.538 bits per heavy atom. The van der Waals surface area contributed by atoms with Gasteiger partial charge in [0.2, 0.25) is 0 Å². The average molecular weight is 1200 g/mol. The summed E-state index contributed by atoms with van der Waals surface area (Å²) < 4.78 is 4.70. The molecule has 401 valence electrons. The van der Waals surface area contributed by atoms with Gasteiger partial charge in [0, 0.05) is 60.6 Å². The summed E-state index contributed by atoms with van der Waals surface area (Å²) in [7, 11) is 0. The van der Waals surface area contributed by atoms with Crippen LogP contribution in [0.3, 0.4) is 0 Å². The van der Waals surface area contributed by atoms with Gasteiger partial charge in [0.05, 0.1) is 11.3 Å². The van der Waals surface area contributed by atoms with Crippen LogP contribution >= 0.6 is 0 Å². The molecule has 13 rings (SSSR count). The zero-order valence-corrected chi connectivity index (χ0v) is 49.6. The third-order valence-corrected chi connectivity index (χ3v) is 16.8. The van der Waals surface area contributed by atoms with Gasteiger partial charge < -0.3 is 19.0 Å². The number of imidazole rings is 2. The summed E-state index contributed by atoms with van der Waals surface area (Å²) in [5.41, 5.74) is 17.8. The van der Waals surface area contributed by atoms with E-state index in [2.05, 4.69) is 210 Å². The van der Waals surface area contributed by atoms with E-state index in [0.717, 1.165) is 73.4 Å². The number of aromatic nitrogens is 4. The van der Waals surface area contributed by atoms with Crippen LogP contribution in [0.1, 0.15) is 141 Å². The molecule has 1 saturated carbocycles. The maximum Gasteiger partial charge on any atom is 0.0612 e. The molecule has 0 saturated heterocycles. The van der Waals surface area contributed by atoms with Gasteiger partial charge in [0.1, 0.15) is 0 Å². The SMILES string of the molecule is CC(C)(C)Cc1ccc2c(c1)-c1ccc[c-]c1C1[N-]C(CC3CC(CCc4cn5c6ccc(CC(C)(C)C)cc6c6ccc[c-]c6c5n4)CC(CCc4cn5c6ccc(CC(C)(C)C)cc6c6ccc[c-]c6c5n4)C3)=CN21.[Ir]. The van der Waals surface area contributed by atoms with E-state index in [1.807, 2.05) is 12.1 Å². The van der Waals surface area contributed by atoms with Gasteiger partial charge in [-0.15, -0.1) is 76.1 Å². The Morgan fingerprint density at radius 2 is 1.03 bits per heavy atom. The van der Waals surface area contributed by atoms with Gasteiger partial charge in [-0.3, -0.25) is 9.97 Å². The molecule has 3 unspecified atom stereocenters. The second-order valence-corrected chi connectivity index (χ2v) is 27.2. The van der Waals surface area contributed by atoms with Gasteiger partial charge in [0.25, 0.3) is 0 Å². The van der Waals surface area contributed by atoms with E-state index in [0.29, 0.717) is 17.8 Å². The van der Waals surface area contributed by atoms with Crippen LogP contribution in [0.4, 0.5) is 5.69 Å². The van der Waals surface area contributed by atoms with Crippen molar-refractivity contribution in [3.05, 3.63) is 191 Å². The van der Waals surface area contributed by atoms with Crippen LogP contribution in [0, 0.1) is 52.2 Å². The van der Waals surface area contributed by atoms with Crippen LogP contribution in [0.15, 0.2) is 133 Å².